The van der Waals surface area contributed by atoms with Gasteiger partial charge in [0.2, 0.25) is 15.9 Å². The van der Waals surface area contributed by atoms with E-state index in [-0.39, 0.29) is 17.3 Å². The number of hydrogen-bond acceptors (Lipinski definition) is 4. The van der Waals surface area contributed by atoms with Crippen molar-refractivity contribution in [2.24, 2.45) is 5.92 Å². The highest BCUT2D eigenvalue weighted by Gasteiger charge is 2.41. The quantitative estimate of drug-likeness (QED) is 0.827. The van der Waals surface area contributed by atoms with E-state index in [0.717, 1.165) is 9.87 Å². The van der Waals surface area contributed by atoms with Crippen LogP contribution in [-0.2, 0) is 21.2 Å². The number of rotatable bonds is 5. The first kappa shape index (κ1) is 19.4. The van der Waals surface area contributed by atoms with Crippen molar-refractivity contribution < 1.29 is 18.0 Å². The van der Waals surface area contributed by atoms with Crippen LogP contribution in [0.15, 0.2) is 48.5 Å². The standard InChI is InChI=1S/C19H19ClN2O4S/c1-13-12-27(25,26)22(19(13)24)17-8-4-15(5-9-17)18(23)21-11-10-14-2-6-16(20)7-3-14/h2-9,13H,10-12H2,1H3,(H,21,23). The summed E-state index contributed by atoms with van der Waals surface area (Å²) in [7, 11) is -3.65. The molecule has 1 atom stereocenters. The van der Waals surface area contributed by atoms with Crippen LogP contribution in [0.1, 0.15) is 22.8 Å². The summed E-state index contributed by atoms with van der Waals surface area (Å²) in [5, 5.41) is 3.48. The molecule has 0 spiro atoms. The van der Waals surface area contributed by atoms with Crippen molar-refractivity contribution in [3.8, 4) is 0 Å². The highest BCUT2D eigenvalue weighted by atomic mass is 35.5. The summed E-state index contributed by atoms with van der Waals surface area (Å²) in [6.07, 6.45) is 0.666. The van der Waals surface area contributed by atoms with Gasteiger partial charge in [-0.3, -0.25) is 9.59 Å². The van der Waals surface area contributed by atoms with Crippen molar-refractivity contribution in [2.45, 2.75) is 13.3 Å². The molecule has 1 N–H and O–H groups in total. The van der Waals surface area contributed by atoms with Crippen LogP contribution in [0.3, 0.4) is 0 Å². The first-order chi connectivity index (χ1) is 12.8. The van der Waals surface area contributed by atoms with Gasteiger partial charge in [0.1, 0.15) is 0 Å². The van der Waals surface area contributed by atoms with Gasteiger partial charge in [0.25, 0.3) is 5.91 Å². The zero-order valence-corrected chi connectivity index (χ0v) is 16.3. The van der Waals surface area contributed by atoms with E-state index in [1.165, 1.54) is 24.3 Å². The fraction of sp³-hybridized carbons (Fsp3) is 0.263. The molecule has 1 aliphatic rings. The Morgan fingerprint density at radius 3 is 2.33 bits per heavy atom. The van der Waals surface area contributed by atoms with Gasteiger partial charge in [0.15, 0.2) is 0 Å². The second kappa shape index (κ2) is 7.70. The van der Waals surface area contributed by atoms with E-state index < -0.39 is 21.8 Å². The summed E-state index contributed by atoms with van der Waals surface area (Å²) in [5.41, 5.74) is 1.70. The van der Waals surface area contributed by atoms with Crippen molar-refractivity contribution in [2.75, 3.05) is 16.6 Å². The Kier molecular flexibility index (Phi) is 5.53. The van der Waals surface area contributed by atoms with Gasteiger partial charge >= 0.3 is 0 Å². The van der Waals surface area contributed by atoms with Crippen LogP contribution in [0.4, 0.5) is 5.69 Å². The third-order valence-corrected chi connectivity index (χ3v) is 6.46. The van der Waals surface area contributed by atoms with Crippen molar-refractivity contribution in [1.29, 1.82) is 0 Å². The number of carbonyl (C=O) groups is 2. The summed E-state index contributed by atoms with van der Waals surface area (Å²) in [6.45, 7) is 2.04. The Hall–Kier alpha value is -2.38. The van der Waals surface area contributed by atoms with E-state index in [1.807, 2.05) is 12.1 Å². The van der Waals surface area contributed by atoms with Crippen molar-refractivity contribution in [3.63, 3.8) is 0 Å². The summed E-state index contributed by atoms with van der Waals surface area (Å²) >= 11 is 5.84. The van der Waals surface area contributed by atoms with Crippen molar-refractivity contribution >= 4 is 39.1 Å². The van der Waals surface area contributed by atoms with Gasteiger partial charge < -0.3 is 5.32 Å². The number of nitrogens with one attached hydrogen (secondary N) is 1. The Labute approximate surface area is 163 Å². The van der Waals surface area contributed by atoms with Crippen LogP contribution in [0.2, 0.25) is 5.02 Å². The molecule has 8 heteroatoms. The van der Waals surface area contributed by atoms with Crippen LogP contribution >= 0.6 is 11.6 Å². The minimum absolute atomic E-state index is 0.196. The number of sulfonamides is 1. The lowest BCUT2D eigenvalue weighted by Gasteiger charge is -2.15. The molecule has 1 heterocycles. The van der Waals surface area contributed by atoms with Gasteiger partial charge in [0, 0.05) is 17.1 Å². The van der Waals surface area contributed by atoms with Crippen LogP contribution < -0.4 is 9.62 Å². The summed E-state index contributed by atoms with van der Waals surface area (Å²) in [6, 6.07) is 13.4. The average Bonchev–Trinajstić information content (AvgIpc) is 2.84. The van der Waals surface area contributed by atoms with Gasteiger partial charge in [-0.25, -0.2) is 12.7 Å². The molecule has 6 nitrogen and oxygen atoms in total. The summed E-state index contributed by atoms with van der Waals surface area (Å²) in [4.78, 5) is 24.3. The lowest BCUT2D eigenvalue weighted by molar-refractivity contribution is -0.119. The molecule has 1 fully saturated rings. The first-order valence-corrected chi connectivity index (χ1v) is 10.5. The van der Waals surface area contributed by atoms with E-state index >= 15 is 0 Å². The predicted molar refractivity (Wildman–Crippen MR) is 104 cm³/mol. The zero-order valence-electron chi connectivity index (χ0n) is 14.7. The van der Waals surface area contributed by atoms with Crippen molar-refractivity contribution in [3.05, 3.63) is 64.7 Å². The van der Waals surface area contributed by atoms with Crippen LogP contribution in [-0.4, -0.2) is 32.5 Å². The van der Waals surface area contributed by atoms with E-state index in [2.05, 4.69) is 5.32 Å². The van der Waals surface area contributed by atoms with E-state index in [1.54, 1.807) is 19.1 Å². The molecule has 0 radical (unpaired) electrons. The second-order valence-electron chi connectivity index (χ2n) is 6.46. The number of benzene rings is 2. The van der Waals surface area contributed by atoms with Crippen LogP contribution in [0.25, 0.3) is 0 Å². The number of amides is 2. The van der Waals surface area contributed by atoms with Crippen LogP contribution in [0.5, 0.6) is 0 Å². The Morgan fingerprint density at radius 1 is 1.15 bits per heavy atom. The maximum atomic E-state index is 12.2. The Balaban J connectivity index is 1.62. The normalized spacial score (nSPS) is 18.5. The Morgan fingerprint density at radius 2 is 1.78 bits per heavy atom. The molecule has 2 aromatic rings. The molecule has 0 aliphatic carbocycles. The average molecular weight is 407 g/mol. The molecular weight excluding hydrogens is 388 g/mol. The molecule has 27 heavy (non-hydrogen) atoms. The zero-order chi connectivity index (χ0) is 19.6. The number of carbonyl (C=O) groups excluding carboxylic acids is 2. The van der Waals surface area contributed by atoms with Gasteiger partial charge in [0.05, 0.1) is 17.4 Å². The molecule has 1 unspecified atom stereocenters. The number of halogens is 1. The highest BCUT2D eigenvalue weighted by molar-refractivity contribution is 7.94. The molecule has 1 saturated heterocycles. The number of nitrogens with zero attached hydrogens (tertiary/aromatic N) is 1. The topological polar surface area (TPSA) is 83.6 Å². The monoisotopic (exact) mass is 406 g/mol. The highest BCUT2D eigenvalue weighted by Crippen LogP contribution is 2.28. The largest absolute Gasteiger partial charge is 0.352 e. The molecule has 1 aliphatic heterocycles. The maximum Gasteiger partial charge on any atom is 0.251 e. The number of hydrogen-bond donors (Lipinski definition) is 1. The molecule has 3 rings (SSSR count). The number of anilines is 1. The molecule has 0 bridgehead atoms. The molecular formula is C19H19ClN2O4S. The van der Waals surface area contributed by atoms with Gasteiger partial charge in [-0.1, -0.05) is 30.7 Å². The van der Waals surface area contributed by atoms with E-state index in [0.29, 0.717) is 23.6 Å². The molecule has 0 aromatic heterocycles. The van der Waals surface area contributed by atoms with Crippen LogP contribution in [0, 0.1) is 5.92 Å². The lowest BCUT2D eigenvalue weighted by Crippen LogP contribution is -2.30. The third-order valence-electron chi connectivity index (χ3n) is 4.34. The fourth-order valence-corrected chi connectivity index (χ4v) is 4.86. The first-order valence-electron chi connectivity index (χ1n) is 8.47. The molecule has 2 amide bonds. The fourth-order valence-electron chi connectivity index (χ4n) is 2.91. The second-order valence-corrected chi connectivity index (χ2v) is 8.76. The van der Waals surface area contributed by atoms with Gasteiger partial charge in [-0.05, 0) is 48.4 Å². The minimum atomic E-state index is -3.65. The van der Waals surface area contributed by atoms with E-state index in [4.69, 9.17) is 11.6 Å². The summed E-state index contributed by atoms with van der Waals surface area (Å²) in [5.74, 6) is -1.47. The predicted octanol–water partition coefficient (Wildman–Crippen LogP) is 2.63. The van der Waals surface area contributed by atoms with E-state index in [9.17, 15) is 18.0 Å². The summed E-state index contributed by atoms with van der Waals surface area (Å²) < 4.78 is 25.1. The molecule has 142 valence electrons. The van der Waals surface area contributed by atoms with Gasteiger partial charge in [-0.2, -0.15) is 0 Å². The minimum Gasteiger partial charge on any atom is -0.352 e. The smallest absolute Gasteiger partial charge is 0.251 e. The lowest BCUT2D eigenvalue weighted by atomic mass is 10.1. The van der Waals surface area contributed by atoms with Crippen molar-refractivity contribution in [1.82, 2.24) is 5.32 Å². The molecule has 0 saturated carbocycles. The van der Waals surface area contributed by atoms with Gasteiger partial charge in [-0.15, -0.1) is 0 Å². The maximum absolute atomic E-state index is 12.2. The molecule has 2 aromatic carbocycles. The third kappa shape index (κ3) is 4.31. The SMILES string of the molecule is CC1CS(=O)(=O)N(c2ccc(C(=O)NCCc3ccc(Cl)cc3)cc2)C1=O. The Bertz CT molecular complexity index is 956.